The zero-order valence-corrected chi connectivity index (χ0v) is 12.4. The van der Waals surface area contributed by atoms with E-state index in [2.05, 4.69) is 10.3 Å². The van der Waals surface area contributed by atoms with Gasteiger partial charge in [-0.15, -0.1) is 11.3 Å². The summed E-state index contributed by atoms with van der Waals surface area (Å²) in [7, 11) is 0. The van der Waals surface area contributed by atoms with E-state index < -0.39 is 34.6 Å². The summed E-state index contributed by atoms with van der Waals surface area (Å²) < 4.78 is 42.4. The molecule has 0 fully saturated rings. The molecule has 7 nitrogen and oxygen atoms in total. The molecule has 1 atom stereocenters. The highest BCUT2D eigenvalue weighted by Crippen LogP contribution is 2.32. The van der Waals surface area contributed by atoms with Crippen molar-refractivity contribution in [2.24, 2.45) is 0 Å². The van der Waals surface area contributed by atoms with E-state index in [1.54, 1.807) is 6.92 Å². The highest BCUT2D eigenvalue weighted by atomic mass is 32.1. The van der Waals surface area contributed by atoms with Crippen molar-refractivity contribution in [3.05, 3.63) is 44.1 Å². The minimum atomic E-state index is -4.56. The third-order valence-corrected chi connectivity index (χ3v) is 3.78. The number of furan rings is 1. The number of halogens is 3. The number of hydrogen-bond donors (Lipinski definition) is 1. The topological polar surface area (TPSA) is 98.3 Å². The molecule has 0 radical (unpaired) electrons. The lowest BCUT2D eigenvalue weighted by atomic mass is 10.2. The Kier molecular flexibility index (Phi) is 4.68. The van der Waals surface area contributed by atoms with Crippen LogP contribution in [0.1, 0.15) is 40.6 Å². The fraction of sp³-hybridized carbons (Fsp3) is 0.333. The Labute approximate surface area is 131 Å². The number of rotatable bonds is 5. The molecule has 2 rings (SSSR count). The number of alkyl halides is 3. The molecule has 0 aliphatic rings. The van der Waals surface area contributed by atoms with Gasteiger partial charge in [0, 0.05) is 5.38 Å². The number of nitrogens with zero attached hydrogens (tertiary/aromatic N) is 2. The van der Waals surface area contributed by atoms with Gasteiger partial charge < -0.3 is 9.73 Å². The molecular weight excluding hydrogens is 339 g/mol. The van der Waals surface area contributed by atoms with E-state index in [9.17, 15) is 28.1 Å². The predicted octanol–water partition coefficient (Wildman–Crippen LogP) is 3.54. The second-order valence-corrected chi connectivity index (χ2v) is 5.29. The van der Waals surface area contributed by atoms with Crippen LogP contribution in [0.2, 0.25) is 0 Å². The maximum absolute atomic E-state index is 12.6. The van der Waals surface area contributed by atoms with Crippen LogP contribution in [0.15, 0.2) is 21.9 Å². The number of nitro groups is 1. The first-order valence-electron chi connectivity index (χ1n) is 6.30. The molecule has 0 spiro atoms. The van der Waals surface area contributed by atoms with Crippen LogP contribution < -0.4 is 5.32 Å². The smallest absolute Gasteiger partial charge is 0.395 e. The molecule has 0 saturated carbocycles. The van der Waals surface area contributed by atoms with Crippen molar-refractivity contribution in [3.8, 4) is 0 Å². The van der Waals surface area contributed by atoms with Crippen LogP contribution in [0, 0.1) is 10.1 Å². The minimum absolute atomic E-state index is 0.0919. The monoisotopic (exact) mass is 349 g/mol. The lowest BCUT2D eigenvalue weighted by molar-refractivity contribution is -0.402. The number of carbonyl (C=O) groups excluding carboxylic acids is 1. The van der Waals surface area contributed by atoms with E-state index in [0.717, 1.165) is 28.8 Å². The van der Waals surface area contributed by atoms with E-state index in [1.165, 1.54) is 0 Å². The molecule has 124 valence electrons. The average molecular weight is 349 g/mol. The maximum atomic E-state index is 12.6. The second-order valence-electron chi connectivity index (χ2n) is 4.40. The first kappa shape index (κ1) is 16.9. The van der Waals surface area contributed by atoms with Gasteiger partial charge in [-0.1, -0.05) is 6.92 Å². The van der Waals surface area contributed by atoms with Crippen LogP contribution in [-0.4, -0.2) is 15.8 Å². The predicted molar refractivity (Wildman–Crippen MR) is 73.0 cm³/mol. The SMILES string of the molecule is CCC(NC(=O)c1ccc([N+](=O)[O-])o1)c1nc(C(F)(F)F)cs1. The highest BCUT2D eigenvalue weighted by Gasteiger charge is 2.34. The summed E-state index contributed by atoms with van der Waals surface area (Å²) in [6.07, 6.45) is -4.27. The van der Waals surface area contributed by atoms with E-state index in [-0.39, 0.29) is 10.8 Å². The summed E-state index contributed by atoms with van der Waals surface area (Å²) in [6.45, 7) is 1.66. The van der Waals surface area contributed by atoms with Gasteiger partial charge in [0.2, 0.25) is 0 Å². The van der Waals surface area contributed by atoms with E-state index in [1.807, 2.05) is 0 Å². The van der Waals surface area contributed by atoms with Gasteiger partial charge in [0.25, 0.3) is 5.91 Å². The maximum Gasteiger partial charge on any atom is 0.434 e. The fourth-order valence-corrected chi connectivity index (χ4v) is 2.65. The summed E-state index contributed by atoms with van der Waals surface area (Å²) in [5, 5.41) is 13.9. The van der Waals surface area contributed by atoms with Crippen molar-refractivity contribution >= 4 is 23.1 Å². The first-order chi connectivity index (χ1) is 10.7. The van der Waals surface area contributed by atoms with Crippen LogP contribution in [0.25, 0.3) is 0 Å². The number of nitrogens with one attached hydrogen (secondary N) is 1. The summed E-state index contributed by atoms with van der Waals surface area (Å²) in [5.41, 5.74) is -1.03. The first-order valence-corrected chi connectivity index (χ1v) is 7.18. The van der Waals surface area contributed by atoms with Crippen molar-refractivity contribution in [2.75, 3.05) is 0 Å². The minimum Gasteiger partial charge on any atom is -0.395 e. The molecule has 2 aromatic rings. The number of carbonyl (C=O) groups is 1. The van der Waals surface area contributed by atoms with E-state index in [4.69, 9.17) is 4.42 Å². The molecular formula is C12H10F3N3O4S. The highest BCUT2D eigenvalue weighted by molar-refractivity contribution is 7.09. The van der Waals surface area contributed by atoms with Crippen LogP contribution in [0.5, 0.6) is 0 Å². The van der Waals surface area contributed by atoms with Crippen LogP contribution in [0.4, 0.5) is 19.1 Å². The molecule has 0 aliphatic carbocycles. The molecule has 0 aromatic carbocycles. The van der Waals surface area contributed by atoms with Gasteiger partial charge in [-0.3, -0.25) is 14.9 Å². The molecule has 1 unspecified atom stereocenters. The summed E-state index contributed by atoms with van der Waals surface area (Å²) >= 11 is 0.772. The summed E-state index contributed by atoms with van der Waals surface area (Å²) in [5.74, 6) is -1.67. The lowest BCUT2D eigenvalue weighted by Gasteiger charge is -2.13. The normalized spacial score (nSPS) is 12.9. The summed E-state index contributed by atoms with van der Waals surface area (Å²) in [6, 6.07) is 1.37. The van der Waals surface area contributed by atoms with Gasteiger partial charge >= 0.3 is 12.1 Å². The van der Waals surface area contributed by atoms with Crippen molar-refractivity contribution in [1.82, 2.24) is 10.3 Å². The van der Waals surface area contributed by atoms with Crippen LogP contribution in [-0.2, 0) is 6.18 Å². The molecule has 11 heteroatoms. The summed E-state index contributed by atoms with van der Waals surface area (Å²) in [4.78, 5) is 25.1. The van der Waals surface area contributed by atoms with Gasteiger partial charge in [0.05, 0.1) is 12.1 Å². The van der Waals surface area contributed by atoms with Crippen molar-refractivity contribution in [3.63, 3.8) is 0 Å². The molecule has 1 N–H and O–H groups in total. The van der Waals surface area contributed by atoms with E-state index >= 15 is 0 Å². The number of amides is 1. The van der Waals surface area contributed by atoms with Crippen molar-refractivity contribution in [2.45, 2.75) is 25.6 Å². The number of thiazole rings is 1. The Morgan fingerprint density at radius 1 is 1.52 bits per heavy atom. The molecule has 0 bridgehead atoms. The van der Waals surface area contributed by atoms with E-state index in [0.29, 0.717) is 6.42 Å². The Morgan fingerprint density at radius 2 is 2.22 bits per heavy atom. The third-order valence-electron chi connectivity index (χ3n) is 2.82. The standard InChI is InChI=1S/C12H10F3N3O4S/c1-2-6(11-17-8(5-23-11)12(13,14)15)16-10(19)7-3-4-9(22-7)18(20)21/h3-6H,2H2,1H3,(H,16,19). The zero-order valence-electron chi connectivity index (χ0n) is 11.6. The van der Waals surface area contributed by atoms with Crippen LogP contribution >= 0.6 is 11.3 Å². The molecule has 2 heterocycles. The molecule has 1 amide bonds. The number of hydrogen-bond acceptors (Lipinski definition) is 6. The fourth-order valence-electron chi connectivity index (χ4n) is 1.69. The lowest BCUT2D eigenvalue weighted by Crippen LogP contribution is -2.27. The number of aromatic nitrogens is 1. The Bertz CT molecular complexity index is 725. The van der Waals surface area contributed by atoms with Gasteiger partial charge in [0.15, 0.2) is 11.5 Å². The third kappa shape index (κ3) is 3.86. The van der Waals surface area contributed by atoms with Crippen molar-refractivity contribution < 1.29 is 27.3 Å². The Hall–Kier alpha value is -2.43. The van der Waals surface area contributed by atoms with Gasteiger partial charge in [-0.05, 0) is 12.5 Å². The zero-order chi connectivity index (χ0) is 17.2. The Balaban J connectivity index is 2.13. The largest absolute Gasteiger partial charge is 0.434 e. The van der Waals surface area contributed by atoms with Gasteiger partial charge in [-0.2, -0.15) is 13.2 Å². The van der Waals surface area contributed by atoms with Crippen LogP contribution in [0.3, 0.4) is 0 Å². The second kappa shape index (κ2) is 6.36. The van der Waals surface area contributed by atoms with Gasteiger partial charge in [0.1, 0.15) is 9.93 Å². The quantitative estimate of drug-likeness (QED) is 0.657. The molecule has 0 saturated heterocycles. The molecule has 23 heavy (non-hydrogen) atoms. The Morgan fingerprint density at radius 3 is 2.70 bits per heavy atom. The molecule has 2 aromatic heterocycles. The van der Waals surface area contributed by atoms with Gasteiger partial charge in [-0.25, -0.2) is 4.98 Å². The molecule has 0 aliphatic heterocycles. The average Bonchev–Trinajstić information content (AvgIpc) is 3.12. The van der Waals surface area contributed by atoms with Crippen molar-refractivity contribution in [1.29, 1.82) is 0 Å².